The van der Waals surface area contributed by atoms with Crippen LogP contribution in [-0.4, -0.2) is 5.84 Å². The van der Waals surface area contributed by atoms with Crippen molar-refractivity contribution in [2.24, 2.45) is 5.73 Å². The standard InChI is InChI=1S/C3H5N3.ClH/c4-2-1-3(5)6;/h1H2,(H3,5,6);1H. The summed E-state index contributed by atoms with van der Waals surface area (Å²) in [6.07, 6.45) is 0.0417. The molecule has 0 heterocycles. The molecule has 0 aromatic rings. The maximum Gasteiger partial charge on any atom is 0.105 e. The monoisotopic (exact) mass is 119 g/mol. The summed E-state index contributed by atoms with van der Waals surface area (Å²) in [4.78, 5) is 0. The van der Waals surface area contributed by atoms with Crippen molar-refractivity contribution in [1.82, 2.24) is 0 Å². The molecule has 0 aliphatic heterocycles. The molecule has 3 N–H and O–H groups in total. The molecule has 4 heteroatoms. The normalized spacial score (nSPS) is 5.57. The van der Waals surface area contributed by atoms with E-state index in [9.17, 15) is 0 Å². The molecule has 0 aliphatic rings. The smallest absolute Gasteiger partial charge is 0.105 e. The van der Waals surface area contributed by atoms with E-state index in [4.69, 9.17) is 16.4 Å². The molecule has 0 radical (unpaired) electrons. The van der Waals surface area contributed by atoms with Gasteiger partial charge in [-0.1, -0.05) is 0 Å². The van der Waals surface area contributed by atoms with Crippen LogP contribution >= 0.6 is 12.4 Å². The van der Waals surface area contributed by atoms with E-state index >= 15 is 0 Å². The third kappa shape index (κ3) is 11.0. The summed E-state index contributed by atoms with van der Waals surface area (Å²) in [6.45, 7) is 0. The fraction of sp³-hybridized carbons (Fsp3) is 0.333. The van der Waals surface area contributed by atoms with Crippen molar-refractivity contribution < 1.29 is 0 Å². The lowest BCUT2D eigenvalue weighted by atomic mass is 10.5. The van der Waals surface area contributed by atoms with Gasteiger partial charge in [-0.3, -0.25) is 5.41 Å². The van der Waals surface area contributed by atoms with E-state index in [2.05, 4.69) is 0 Å². The van der Waals surface area contributed by atoms with Gasteiger partial charge < -0.3 is 5.73 Å². The maximum absolute atomic E-state index is 7.77. The molecule has 0 rings (SSSR count). The molecule has 0 saturated heterocycles. The van der Waals surface area contributed by atoms with Crippen LogP contribution in [0.1, 0.15) is 6.42 Å². The van der Waals surface area contributed by atoms with E-state index < -0.39 is 0 Å². The van der Waals surface area contributed by atoms with Gasteiger partial charge >= 0.3 is 0 Å². The van der Waals surface area contributed by atoms with E-state index in [1.165, 1.54) is 0 Å². The minimum absolute atomic E-state index is 0. The first-order chi connectivity index (χ1) is 2.77. The first kappa shape index (κ1) is 9.54. The van der Waals surface area contributed by atoms with Crippen LogP contribution in [0.25, 0.3) is 0 Å². The zero-order valence-corrected chi connectivity index (χ0v) is 4.46. The molecular weight excluding hydrogens is 114 g/mol. The Labute approximate surface area is 48.0 Å². The lowest BCUT2D eigenvalue weighted by molar-refractivity contribution is 1.31. The molecule has 0 aromatic carbocycles. The summed E-state index contributed by atoms with van der Waals surface area (Å²) in [7, 11) is 0. The van der Waals surface area contributed by atoms with Gasteiger partial charge in [0.05, 0.1) is 12.5 Å². The van der Waals surface area contributed by atoms with Crippen molar-refractivity contribution in [2.45, 2.75) is 6.42 Å². The molecule has 0 aliphatic carbocycles. The fourth-order valence-electron chi connectivity index (χ4n) is 0.0852. The van der Waals surface area contributed by atoms with Crippen LogP contribution in [-0.2, 0) is 0 Å². The highest BCUT2D eigenvalue weighted by molar-refractivity contribution is 5.85. The van der Waals surface area contributed by atoms with Crippen molar-refractivity contribution in [3.8, 4) is 6.07 Å². The summed E-state index contributed by atoms with van der Waals surface area (Å²) in [5.41, 5.74) is 4.76. The minimum atomic E-state index is -0.0718. The van der Waals surface area contributed by atoms with E-state index in [-0.39, 0.29) is 24.7 Å². The second kappa shape index (κ2) is 5.25. The second-order valence-corrected chi connectivity index (χ2v) is 0.860. The highest BCUT2D eigenvalue weighted by atomic mass is 35.5. The van der Waals surface area contributed by atoms with Gasteiger partial charge in [0, 0.05) is 0 Å². The lowest BCUT2D eigenvalue weighted by Gasteiger charge is -1.76. The Morgan fingerprint density at radius 2 is 2.29 bits per heavy atom. The summed E-state index contributed by atoms with van der Waals surface area (Å²) in [5.74, 6) is -0.0718. The Bertz CT molecular complexity index is 92.8. The van der Waals surface area contributed by atoms with Gasteiger partial charge in [0.25, 0.3) is 0 Å². The molecule has 3 nitrogen and oxygen atoms in total. The Balaban J connectivity index is 0. The number of amidine groups is 1. The summed E-state index contributed by atoms with van der Waals surface area (Å²) in [6, 6.07) is 1.72. The minimum Gasteiger partial charge on any atom is -0.387 e. The molecule has 7 heavy (non-hydrogen) atoms. The molecular formula is C3H6ClN3. The number of nitrogens with zero attached hydrogens (tertiary/aromatic N) is 1. The number of nitriles is 1. The van der Waals surface area contributed by atoms with Crippen LogP contribution in [0.5, 0.6) is 0 Å². The van der Waals surface area contributed by atoms with Crippen LogP contribution in [0.2, 0.25) is 0 Å². The quantitative estimate of drug-likeness (QED) is 0.384. The first-order valence-electron chi connectivity index (χ1n) is 1.47. The third-order valence-electron chi connectivity index (χ3n) is 0.270. The summed E-state index contributed by atoms with van der Waals surface area (Å²) < 4.78 is 0. The zero-order valence-electron chi connectivity index (χ0n) is 3.64. The Kier molecular flexibility index (Phi) is 7.15. The molecule has 0 bridgehead atoms. The molecule has 40 valence electrons. The van der Waals surface area contributed by atoms with Crippen LogP contribution in [0, 0.1) is 16.7 Å². The molecule has 0 amide bonds. The third-order valence-corrected chi connectivity index (χ3v) is 0.270. The molecule has 0 aromatic heterocycles. The van der Waals surface area contributed by atoms with Gasteiger partial charge in [-0.05, 0) is 0 Å². The van der Waals surface area contributed by atoms with E-state index in [1.54, 1.807) is 6.07 Å². The molecule has 0 unspecified atom stereocenters. The Morgan fingerprint density at radius 3 is 2.29 bits per heavy atom. The SMILES string of the molecule is Cl.N#CCC(=N)N. The number of rotatable bonds is 1. The van der Waals surface area contributed by atoms with E-state index in [0.717, 1.165) is 0 Å². The lowest BCUT2D eigenvalue weighted by Crippen LogP contribution is -2.06. The van der Waals surface area contributed by atoms with Crippen molar-refractivity contribution >= 4 is 18.2 Å². The predicted molar refractivity (Wildman–Crippen MR) is 29.4 cm³/mol. The van der Waals surface area contributed by atoms with Crippen molar-refractivity contribution in [1.29, 1.82) is 10.7 Å². The second-order valence-electron chi connectivity index (χ2n) is 0.860. The van der Waals surface area contributed by atoms with Crippen molar-refractivity contribution in [3.63, 3.8) is 0 Å². The van der Waals surface area contributed by atoms with Gasteiger partial charge in [0.1, 0.15) is 5.84 Å². The average Bonchev–Trinajstić information content (AvgIpc) is 1.35. The predicted octanol–water partition coefficient (Wildman–Crippen LogP) is 0.258. The van der Waals surface area contributed by atoms with Gasteiger partial charge in [-0.2, -0.15) is 5.26 Å². The van der Waals surface area contributed by atoms with Crippen molar-refractivity contribution in [3.05, 3.63) is 0 Å². The van der Waals surface area contributed by atoms with E-state index in [1.807, 2.05) is 0 Å². The van der Waals surface area contributed by atoms with Crippen LogP contribution in [0.3, 0.4) is 0 Å². The summed E-state index contributed by atoms with van der Waals surface area (Å²) >= 11 is 0. The Hall–Kier alpha value is -0.750. The first-order valence-corrected chi connectivity index (χ1v) is 1.47. The van der Waals surface area contributed by atoms with Crippen molar-refractivity contribution in [2.75, 3.05) is 0 Å². The number of nitrogens with one attached hydrogen (secondary N) is 1. The molecule has 0 spiro atoms. The van der Waals surface area contributed by atoms with Crippen LogP contribution < -0.4 is 5.73 Å². The number of halogens is 1. The number of hydrogen-bond acceptors (Lipinski definition) is 2. The molecule has 0 fully saturated rings. The number of nitrogens with two attached hydrogens (primary N) is 1. The van der Waals surface area contributed by atoms with Crippen LogP contribution in [0.4, 0.5) is 0 Å². The zero-order chi connectivity index (χ0) is 4.99. The van der Waals surface area contributed by atoms with Crippen LogP contribution in [0.15, 0.2) is 0 Å². The maximum atomic E-state index is 7.77. The molecule has 0 saturated carbocycles. The van der Waals surface area contributed by atoms with Gasteiger partial charge in [-0.25, -0.2) is 0 Å². The summed E-state index contributed by atoms with van der Waals surface area (Å²) in [5, 5.41) is 14.2. The largest absolute Gasteiger partial charge is 0.387 e. The molecule has 0 atom stereocenters. The van der Waals surface area contributed by atoms with E-state index in [0.29, 0.717) is 0 Å². The average molecular weight is 120 g/mol. The topological polar surface area (TPSA) is 73.7 Å². The number of hydrogen-bond donors (Lipinski definition) is 2. The van der Waals surface area contributed by atoms with Gasteiger partial charge in [0.15, 0.2) is 0 Å². The van der Waals surface area contributed by atoms with Gasteiger partial charge in [-0.15, -0.1) is 12.4 Å². The fourth-order valence-corrected chi connectivity index (χ4v) is 0.0852. The van der Waals surface area contributed by atoms with Gasteiger partial charge in [0.2, 0.25) is 0 Å². The highest BCUT2D eigenvalue weighted by Gasteiger charge is 1.78. The Morgan fingerprint density at radius 1 is 1.86 bits per heavy atom. The highest BCUT2D eigenvalue weighted by Crippen LogP contribution is 1.65.